The molecule has 1 aliphatic heterocycles. The Labute approximate surface area is 210 Å². The first-order chi connectivity index (χ1) is 17.4. The number of aryl methyl sites for hydroxylation is 1. The Hall–Kier alpha value is -3.49. The third-order valence-electron chi connectivity index (χ3n) is 6.29. The van der Waals surface area contributed by atoms with Crippen LogP contribution in [0.15, 0.2) is 66.7 Å². The minimum atomic E-state index is -0.671. The smallest absolute Gasteiger partial charge is 0.322 e. The van der Waals surface area contributed by atoms with Crippen molar-refractivity contribution in [3.05, 3.63) is 95.1 Å². The number of benzene rings is 3. The first-order valence-corrected chi connectivity index (χ1v) is 12.0. The van der Waals surface area contributed by atoms with Crippen molar-refractivity contribution < 1.29 is 23.0 Å². The van der Waals surface area contributed by atoms with Gasteiger partial charge in [0.25, 0.3) is 0 Å². The van der Waals surface area contributed by atoms with Gasteiger partial charge in [0.2, 0.25) is 0 Å². The lowest BCUT2D eigenvalue weighted by Gasteiger charge is -2.36. The molecule has 6 nitrogen and oxygen atoms in total. The second-order valence-corrected chi connectivity index (χ2v) is 8.90. The molecule has 0 spiro atoms. The van der Waals surface area contributed by atoms with Gasteiger partial charge in [0.05, 0.1) is 25.5 Å². The number of carbonyl (C=O) groups excluding carboxylic acids is 1. The van der Waals surface area contributed by atoms with Crippen LogP contribution in [0.2, 0.25) is 0 Å². The van der Waals surface area contributed by atoms with Crippen LogP contribution in [0.5, 0.6) is 5.75 Å². The average Bonchev–Trinajstić information content (AvgIpc) is 2.90. The molecule has 1 fully saturated rings. The molecule has 0 aliphatic carbocycles. The van der Waals surface area contributed by atoms with E-state index in [0.29, 0.717) is 39.3 Å². The van der Waals surface area contributed by atoms with E-state index in [1.807, 2.05) is 24.3 Å². The van der Waals surface area contributed by atoms with E-state index in [1.165, 1.54) is 5.56 Å². The molecule has 2 amide bonds. The molecule has 190 valence electrons. The Kier molecular flexibility index (Phi) is 8.51. The van der Waals surface area contributed by atoms with Gasteiger partial charge in [-0.15, -0.1) is 0 Å². The van der Waals surface area contributed by atoms with Gasteiger partial charge in [-0.05, 0) is 42.3 Å². The second-order valence-electron chi connectivity index (χ2n) is 8.90. The molecule has 1 aliphatic rings. The number of hydrogen-bond acceptors (Lipinski definition) is 4. The number of rotatable bonds is 8. The van der Waals surface area contributed by atoms with Gasteiger partial charge in [0, 0.05) is 38.8 Å². The summed E-state index contributed by atoms with van der Waals surface area (Å²) in [6.45, 7) is 5.37. The summed E-state index contributed by atoms with van der Waals surface area (Å²) in [4.78, 5) is 16.5. The van der Waals surface area contributed by atoms with Crippen molar-refractivity contribution in [2.75, 3.05) is 45.2 Å². The van der Waals surface area contributed by atoms with Crippen LogP contribution >= 0.6 is 0 Å². The van der Waals surface area contributed by atoms with Crippen molar-refractivity contribution in [1.29, 1.82) is 0 Å². The molecule has 1 heterocycles. The van der Waals surface area contributed by atoms with E-state index in [9.17, 15) is 13.6 Å². The molecule has 0 aromatic heterocycles. The zero-order valence-corrected chi connectivity index (χ0v) is 20.5. The highest BCUT2D eigenvalue weighted by atomic mass is 19.1. The van der Waals surface area contributed by atoms with E-state index >= 15 is 0 Å². The van der Waals surface area contributed by atoms with Crippen molar-refractivity contribution in [3.63, 3.8) is 0 Å². The number of urea groups is 1. The number of anilines is 1. The lowest BCUT2D eigenvalue weighted by molar-refractivity contribution is 0.00584. The normalized spacial score (nSPS) is 14.9. The summed E-state index contributed by atoms with van der Waals surface area (Å²) in [7, 11) is 1.64. The van der Waals surface area contributed by atoms with Gasteiger partial charge in [0.15, 0.2) is 0 Å². The number of ether oxygens (including phenoxy) is 2. The van der Waals surface area contributed by atoms with Gasteiger partial charge in [-0.3, -0.25) is 4.90 Å². The molecule has 36 heavy (non-hydrogen) atoms. The summed E-state index contributed by atoms with van der Waals surface area (Å²) in [5.41, 5.74) is 3.15. The number of carbonyl (C=O) groups is 1. The van der Waals surface area contributed by atoms with Gasteiger partial charge < -0.3 is 19.7 Å². The zero-order valence-electron chi connectivity index (χ0n) is 20.5. The maximum atomic E-state index is 13.9. The summed E-state index contributed by atoms with van der Waals surface area (Å²) in [5.74, 6) is -0.511. The van der Waals surface area contributed by atoms with Crippen LogP contribution in [-0.2, 0) is 11.3 Å². The largest absolute Gasteiger partial charge is 0.497 e. The molecular weight excluding hydrogens is 464 g/mol. The highest BCUT2D eigenvalue weighted by Gasteiger charge is 2.25. The standard InChI is InChI=1S/C28H31F2N3O3/c1-20-6-8-21(9-7-20)19-36-27(22-4-3-5-24(16-22)35-2)18-32-12-14-33(15-13-32)28(34)31-26-17-23(29)10-11-25(26)30/h3-11,16-17,27H,12-15,18-19H2,1-2H3,(H,31,34)/t27-/m1/s1. The number of halogens is 2. The number of methoxy groups -OCH3 is 1. The summed E-state index contributed by atoms with van der Waals surface area (Å²) < 4.78 is 39.1. The van der Waals surface area contributed by atoms with Crippen LogP contribution < -0.4 is 10.1 Å². The summed E-state index contributed by atoms with van der Waals surface area (Å²) in [5, 5.41) is 2.47. The molecule has 8 heteroatoms. The maximum absolute atomic E-state index is 13.9. The van der Waals surface area contributed by atoms with Gasteiger partial charge >= 0.3 is 6.03 Å². The SMILES string of the molecule is COc1cccc([C@@H](CN2CCN(C(=O)Nc3cc(F)ccc3F)CC2)OCc2ccc(C)cc2)c1. The quantitative estimate of drug-likeness (QED) is 0.455. The van der Waals surface area contributed by atoms with Crippen LogP contribution in [0.4, 0.5) is 19.3 Å². The Balaban J connectivity index is 1.37. The molecular formula is C28H31F2N3O3. The Morgan fingerprint density at radius 3 is 2.47 bits per heavy atom. The fourth-order valence-corrected chi connectivity index (χ4v) is 4.13. The predicted molar refractivity (Wildman–Crippen MR) is 135 cm³/mol. The summed E-state index contributed by atoms with van der Waals surface area (Å²) in [6, 6.07) is 18.7. The first kappa shape index (κ1) is 25.6. The molecule has 3 aromatic rings. The topological polar surface area (TPSA) is 54.0 Å². The van der Waals surface area contributed by atoms with Crippen LogP contribution in [-0.4, -0.2) is 55.7 Å². The van der Waals surface area contributed by atoms with Crippen molar-refractivity contribution >= 4 is 11.7 Å². The fourth-order valence-electron chi connectivity index (χ4n) is 4.13. The lowest BCUT2D eigenvalue weighted by Crippen LogP contribution is -2.50. The number of amides is 2. The number of nitrogens with zero attached hydrogens (tertiary/aromatic N) is 2. The van der Waals surface area contributed by atoms with E-state index in [4.69, 9.17) is 9.47 Å². The Morgan fingerprint density at radius 2 is 1.75 bits per heavy atom. The number of nitrogens with one attached hydrogen (secondary N) is 1. The molecule has 0 bridgehead atoms. The van der Waals surface area contributed by atoms with E-state index in [2.05, 4.69) is 41.4 Å². The van der Waals surface area contributed by atoms with E-state index in [1.54, 1.807) is 12.0 Å². The van der Waals surface area contributed by atoms with Crippen LogP contribution in [0, 0.1) is 18.6 Å². The molecule has 4 rings (SSSR count). The number of hydrogen-bond donors (Lipinski definition) is 1. The number of piperazine rings is 1. The van der Waals surface area contributed by atoms with Gasteiger partial charge in [-0.1, -0.05) is 42.0 Å². The van der Waals surface area contributed by atoms with Crippen molar-refractivity contribution in [1.82, 2.24) is 9.80 Å². The van der Waals surface area contributed by atoms with Crippen LogP contribution in [0.3, 0.4) is 0 Å². The average molecular weight is 496 g/mol. The van der Waals surface area contributed by atoms with E-state index in [-0.39, 0.29) is 11.8 Å². The monoisotopic (exact) mass is 495 g/mol. The molecule has 1 atom stereocenters. The predicted octanol–water partition coefficient (Wildman–Crippen LogP) is 5.39. The molecule has 0 radical (unpaired) electrons. The highest BCUT2D eigenvalue weighted by Crippen LogP contribution is 2.25. The zero-order chi connectivity index (χ0) is 25.5. The highest BCUT2D eigenvalue weighted by molar-refractivity contribution is 5.89. The Morgan fingerprint density at radius 1 is 1.00 bits per heavy atom. The van der Waals surface area contributed by atoms with E-state index < -0.39 is 17.7 Å². The third kappa shape index (κ3) is 6.80. The Bertz CT molecular complexity index is 1160. The van der Waals surface area contributed by atoms with E-state index in [0.717, 1.165) is 35.1 Å². The molecule has 3 aromatic carbocycles. The molecule has 1 N–H and O–H groups in total. The molecule has 1 saturated heterocycles. The molecule has 0 saturated carbocycles. The van der Waals surface area contributed by atoms with Crippen molar-refractivity contribution in [3.8, 4) is 5.75 Å². The lowest BCUT2D eigenvalue weighted by atomic mass is 10.1. The van der Waals surface area contributed by atoms with Crippen molar-refractivity contribution in [2.45, 2.75) is 19.6 Å². The van der Waals surface area contributed by atoms with Gasteiger partial charge in [-0.2, -0.15) is 0 Å². The fraction of sp³-hybridized carbons (Fsp3) is 0.321. The van der Waals surface area contributed by atoms with Gasteiger partial charge in [-0.25, -0.2) is 13.6 Å². The minimum absolute atomic E-state index is 0.162. The third-order valence-corrected chi connectivity index (χ3v) is 6.29. The maximum Gasteiger partial charge on any atom is 0.322 e. The summed E-state index contributed by atoms with van der Waals surface area (Å²) in [6.07, 6.45) is -0.192. The van der Waals surface area contributed by atoms with Crippen LogP contribution in [0.1, 0.15) is 22.8 Å². The van der Waals surface area contributed by atoms with Crippen molar-refractivity contribution in [2.24, 2.45) is 0 Å². The van der Waals surface area contributed by atoms with Crippen LogP contribution in [0.25, 0.3) is 0 Å². The first-order valence-electron chi connectivity index (χ1n) is 12.0. The second kappa shape index (κ2) is 12.0. The van der Waals surface area contributed by atoms with Gasteiger partial charge in [0.1, 0.15) is 17.4 Å². The molecule has 0 unspecified atom stereocenters. The minimum Gasteiger partial charge on any atom is -0.497 e. The summed E-state index contributed by atoms with van der Waals surface area (Å²) >= 11 is 0.